The first-order valence-electron chi connectivity index (χ1n) is 11.5. The number of hydrogen-bond acceptors (Lipinski definition) is 6. The molecule has 2 heterocycles. The molecule has 186 valence electrons. The Kier molecular flexibility index (Phi) is 8.67. The van der Waals surface area contributed by atoms with Crippen LogP contribution >= 0.6 is 11.6 Å². The molecule has 0 radical (unpaired) electrons. The van der Waals surface area contributed by atoms with Crippen molar-refractivity contribution in [1.29, 1.82) is 0 Å². The van der Waals surface area contributed by atoms with Crippen molar-refractivity contribution in [3.05, 3.63) is 46.5 Å². The molecule has 3 rings (SSSR count). The topological polar surface area (TPSA) is 107 Å². The molecule has 3 atom stereocenters. The predicted octanol–water partition coefficient (Wildman–Crippen LogP) is 2.49. The number of rotatable bonds is 8. The molecule has 1 amide bonds. The molecular formula is C24H34ClFN6O2. The summed E-state index contributed by atoms with van der Waals surface area (Å²) in [5.74, 6) is -0.963. The Hall–Kier alpha value is -2.49. The van der Waals surface area contributed by atoms with Crippen molar-refractivity contribution < 1.29 is 14.3 Å². The zero-order valence-electron chi connectivity index (χ0n) is 19.8. The molecule has 0 aromatic heterocycles. The van der Waals surface area contributed by atoms with E-state index in [9.17, 15) is 9.90 Å². The van der Waals surface area contributed by atoms with Crippen LogP contribution in [-0.4, -0.2) is 78.7 Å². The summed E-state index contributed by atoms with van der Waals surface area (Å²) >= 11 is 6.03. The van der Waals surface area contributed by atoms with Gasteiger partial charge in [-0.3, -0.25) is 14.7 Å². The molecule has 0 spiro atoms. The van der Waals surface area contributed by atoms with Crippen LogP contribution in [0.25, 0.3) is 0 Å². The number of aliphatic hydroxyl groups is 1. The Morgan fingerprint density at radius 2 is 2.06 bits per heavy atom. The molecule has 0 aliphatic carbocycles. The summed E-state index contributed by atoms with van der Waals surface area (Å²) in [6.45, 7) is 7.26. The molecule has 0 bridgehead atoms. The number of aliphatic imine (C=N–C) groups is 2. The number of primary amides is 1. The van der Waals surface area contributed by atoms with Crippen LogP contribution in [0.3, 0.4) is 0 Å². The number of likely N-dealkylation sites (tertiary alicyclic amines) is 2. The Morgan fingerprint density at radius 1 is 1.35 bits per heavy atom. The molecule has 1 aromatic rings. The summed E-state index contributed by atoms with van der Waals surface area (Å²) in [7, 11) is 1.56. The highest BCUT2D eigenvalue weighted by Gasteiger charge is 2.38. The minimum absolute atomic E-state index is 0.00211. The SMILES string of the molecule is C=N/C(NC[C@@H]1CCN(CC(N)=O)C[C@]1(C)O)=C(/F)C(=NC)N1CCCC1c1ccc(Cl)cc1. The van der Waals surface area contributed by atoms with Gasteiger partial charge in [0.2, 0.25) is 11.7 Å². The highest BCUT2D eigenvalue weighted by Crippen LogP contribution is 2.34. The number of halogens is 2. The van der Waals surface area contributed by atoms with Crippen LogP contribution in [0.4, 0.5) is 4.39 Å². The van der Waals surface area contributed by atoms with Gasteiger partial charge in [-0.25, -0.2) is 4.99 Å². The molecule has 1 aromatic carbocycles. The van der Waals surface area contributed by atoms with Gasteiger partial charge >= 0.3 is 0 Å². The first-order chi connectivity index (χ1) is 16.2. The molecule has 2 saturated heterocycles. The maximum atomic E-state index is 15.7. The average Bonchev–Trinajstić information content (AvgIpc) is 3.25. The number of amides is 1. The number of nitrogens with one attached hydrogen (secondary N) is 1. The van der Waals surface area contributed by atoms with Gasteiger partial charge in [-0.1, -0.05) is 23.7 Å². The van der Waals surface area contributed by atoms with Gasteiger partial charge in [0.15, 0.2) is 11.7 Å². The minimum atomic E-state index is -1.07. The van der Waals surface area contributed by atoms with Gasteiger partial charge in [0.1, 0.15) is 0 Å². The molecule has 2 aliphatic rings. The molecule has 2 fully saturated rings. The van der Waals surface area contributed by atoms with Gasteiger partial charge in [0, 0.05) is 37.6 Å². The molecular weight excluding hydrogens is 459 g/mol. The van der Waals surface area contributed by atoms with E-state index in [0.717, 1.165) is 18.4 Å². The largest absolute Gasteiger partial charge is 0.388 e. The van der Waals surface area contributed by atoms with Crippen LogP contribution in [0.2, 0.25) is 5.02 Å². The summed E-state index contributed by atoms with van der Waals surface area (Å²) in [5.41, 5.74) is 5.26. The lowest BCUT2D eigenvalue weighted by Gasteiger charge is -2.42. The summed E-state index contributed by atoms with van der Waals surface area (Å²) in [6.07, 6.45) is 2.42. The number of carbonyl (C=O) groups is 1. The summed E-state index contributed by atoms with van der Waals surface area (Å²) in [5, 5.41) is 14.6. The molecule has 10 heteroatoms. The highest BCUT2D eigenvalue weighted by atomic mass is 35.5. The van der Waals surface area contributed by atoms with Crippen molar-refractivity contribution >= 4 is 30.1 Å². The molecule has 0 saturated carbocycles. The van der Waals surface area contributed by atoms with Crippen molar-refractivity contribution in [3.63, 3.8) is 0 Å². The van der Waals surface area contributed by atoms with Crippen LogP contribution < -0.4 is 11.1 Å². The highest BCUT2D eigenvalue weighted by molar-refractivity contribution is 6.30. The third-order valence-electron chi connectivity index (χ3n) is 6.67. The number of β-amino-alcohol motifs (C(OH)–C–C–N with tert-alkyl or cyclic N) is 1. The number of carbonyl (C=O) groups excluding carboxylic acids is 1. The Morgan fingerprint density at radius 3 is 2.65 bits per heavy atom. The van der Waals surface area contributed by atoms with Gasteiger partial charge in [-0.2, -0.15) is 4.39 Å². The number of benzene rings is 1. The number of nitrogens with zero attached hydrogens (tertiary/aromatic N) is 4. The zero-order chi connectivity index (χ0) is 24.9. The number of hydrogen-bond donors (Lipinski definition) is 3. The van der Waals surface area contributed by atoms with Crippen molar-refractivity contribution in [1.82, 2.24) is 15.1 Å². The number of piperidine rings is 1. The lowest BCUT2D eigenvalue weighted by atomic mass is 9.82. The van der Waals surface area contributed by atoms with Crippen molar-refractivity contribution in [2.24, 2.45) is 21.6 Å². The van der Waals surface area contributed by atoms with Crippen LogP contribution in [0.1, 0.15) is 37.8 Å². The second-order valence-electron chi connectivity index (χ2n) is 9.17. The van der Waals surface area contributed by atoms with Crippen molar-refractivity contribution in [2.45, 2.75) is 37.8 Å². The van der Waals surface area contributed by atoms with E-state index in [0.29, 0.717) is 37.6 Å². The maximum Gasteiger partial charge on any atom is 0.231 e. The van der Waals surface area contributed by atoms with Crippen molar-refractivity contribution in [3.8, 4) is 0 Å². The Balaban J connectivity index is 1.72. The van der Waals surface area contributed by atoms with E-state index in [4.69, 9.17) is 17.3 Å². The van der Waals surface area contributed by atoms with Gasteiger partial charge in [-0.15, -0.1) is 0 Å². The summed E-state index contributed by atoms with van der Waals surface area (Å²) < 4.78 is 15.7. The van der Waals surface area contributed by atoms with E-state index < -0.39 is 17.3 Å². The van der Waals surface area contributed by atoms with E-state index in [-0.39, 0.29) is 30.2 Å². The van der Waals surface area contributed by atoms with Crippen LogP contribution in [0, 0.1) is 5.92 Å². The molecule has 4 N–H and O–H groups in total. The first kappa shape index (κ1) is 26.1. The predicted molar refractivity (Wildman–Crippen MR) is 134 cm³/mol. The monoisotopic (exact) mass is 492 g/mol. The second kappa shape index (κ2) is 11.3. The van der Waals surface area contributed by atoms with E-state index >= 15 is 4.39 Å². The normalized spacial score (nSPS) is 26.9. The van der Waals surface area contributed by atoms with E-state index in [1.54, 1.807) is 14.0 Å². The van der Waals surface area contributed by atoms with Crippen molar-refractivity contribution in [2.75, 3.05) is 39.8 Å². The minimum Gasteiger partial charge on any atom is -0.388 e. The fraction of sp³-hybridized carbons (Fsp3) is 0.542. The average molecular weight is 493 g/mol. The van der Waals surface area contributed by atoms with Crippen LogP contribution in [0.5, 0.6) is 0 Å². The number of amidine groups is 1. The van der Waals surface area contributed by atoms with Crippen LogP contribution in [-0.2, 0) is 4.79 Å². The smallest absolute Gasteiger partial charge is 0.231 e. The third-order valence-corrected chi connectivity index (χ3v) is 6.92. The lowest BCUT2D eigenvalue weighted by Crippen LogP contribution is -2.55. The summed E-state index contributed by atoms with van der Waals surface area (Å²) in [4.78, 5) is 23.1. The summed E-state index contributed by atoms with van der Waals surface area (Å²) in [6, 6.07) is 7.57. The standard InChI is InChI=1S/C24H34ClFN6O2/c1-24(34)15-31(14-20(27)33)12-10-17(24)13-30-22(28-2)21(26)23(29-3)32-11-4-5-19(32)16-6-8-18(25)9-7-16/h6-9,17,19,30,34H,2,4-5,10-15H2,1,3H3,(H2,27,33)/b22-21-,29-23?/t17-,19?,24-/m0/s1. The Labute approximate surface area is 205 Å². The van der Waals surface area contributed by atoms with Gasteiger partial charge < -0.3 is 21.1 Å². The van der Waals surface area contributed by atoms with E-state index in [1.165, 1.54) is 0 Å². The van der Waals surface area contributed by atoms with E-state index in [2.05, 4.69) is 22.0 Å². The molecule has 34 heavy (non-hydrogen) atoms. The molecule has 8 nitrogen and oxygen atoms in total. The van der Waals surface area contributed by atoms with Gasteiger partial charge in [0.25, 0.3) is 0 Å². The molecule has 1 unspecified atom stereocenters. The molecule has 2 aliphatic heterocycles. The van der Waals surface area contributed by atoms with Gasteiger partial charge in [-0.05, 0) is 57.1 Å². The van der Waals surface area contributed by atoms with Gasteiger partial charge in [0.05, 0.1) is 18.2 Å². The fourth-order valence-electron chi connectivity index (χ4n) is 4.92. The fourth-order valence-corrected chi connectivity index (χ4v) is 5.05. The Bertz CT molecular complexity index is 949. The van der Waals surface area contributed by atoms with E-state index in [1.807, 2.05) is 34.1 Å². The number of nitrogens with two attached hydrogens (primary N) is 1. The maximum absolute atomic E-state index is 15.7. The lowest BCUT2D eigenvalue weighted by molar-refractivity contribution is -0.122. The third kappa shape index (κ3) is 6.14. The zero-order valence-corrected chi connectivity index (χ0v) is 20.6. The first-order valence-corrected chi connectivity index (χ1v) is 11.9. The van der Waals surface area contributed by atoms with Crippen LogP contribution in [0.15, 0.2) is 45.9 Å². The quantitative estimate of drug-likeness (QED) is 0.382. The second-order valence-corrected chi connectivity index (χ2v) is 9.61.